The van der Waals surface area contributed by atoms with Gasteiger partial charge >= 0.3 is 0 Å². The van der Waals surface area contributed by atoms with Gasteiger partial charge in [0.05, 0.1) is 7.11 Å². The quantitative estimate of drug-likeness (QED) is 0.905. The molecule has 1 rings (SSSR count). The third-order valence-electron chi connectivity index (χ3n) is 1.88. The molecule has 0 bridgehead atoms. The fourth-order valence-corrected chi connectivity index (χ4v) is 2.56. The average molecular weight is 290 g/mol. The van der Waals surface area contributed by atoms with Crippen molar-refractivity contribution >= 4 is 27.7 Å². The third-order valence-corrected chi connectivity index (χ3v) is 3.65. The molecule has 0 aliphatic heterocycles. The Balaban J connectivity index is 2.62. The Morgan fingerprint density at radius 1 is 1.53 bits per heavy atom. The zero-order chi connectivity index (χ0) is 11.3. The lowest BCUT2D eigenvalue weighted by molar-refractivity contribution is 0.411. The molecule has 0 heterocycles. The van der Waals surface area contributed by atoms with Crippen molar-refractivity contribution in [2.24, 2.45) is 5.73 Å². The third kappa shape index (κ3) is 4.45. The van der Waals surface area contributed by atoms with Gasteiger partial charge in [-0.25, -0.2) is 0 Å². The first-order valence-corrected chi connectivity index (χ1v) is 6.74. The Hall–Kier alpha value is -0.190. The fraction of sp³-hybridized carbons (Fsp3) is 0.455. The van der Waals surface area contributed by atoms with Crippen LogP contribution < -0.4 is 10.5 Å². The maximum atomic E-state index is 5.70. The van der Waals surface area contributed by atoms with Crippen LogP contribution in [0.5, 0.6) is 5.75 Å². The van der Waals surface area contributed by atoms with Gasteiger partial charge in [-0.15, -0.1) is 0 Å². The molecule has 0 radical (unpaired) electrons. The van der Waals surface area contributed by atoms with Crippen molar-refractivity contribution in [1.82, 2.24) is 0 Å². The summed E-state index contributed by atoms with van der Waals surface area (Å²) in [7, 11) is 1.70. The van der Waals surface area contributed by atoms with Crippen LogP contribution in [0.15, 0.2) is 22.7 Å². The molecule has 0 aromatic heterocycles. The van der Waals surface area contributed by atoms with Gasteiger partial charge in [0.1, 0.15) is 5.75 Å². The lowest BCUT2D eigenvalue weighted by Crippen LogP contribution is -2.17. The minimum absolute atomic E-state index is 0.244. The van der Waals surface area contributed by atoms with Crippen LogP contribution in [0.1, 0.15) is 12.5 Å². The number of halogens is 1. The molecule has 0 spiro atoms. The number of ether oxygens (including phenoxy) is 1. The number of nitrogens with two attached hydrogens (primary N) is 1. The fourth-order valence-electron chi connectivity index (χ4n) is 1.21. The van der Waals surface area contributed by atoms with Crippen molar-refractivity contribution < 1.29 is 4.74 Å². The molecule has 2 nitrogen and oxygen atoms in total. The van der Waals surface area contributed by atoms with Crippen molar-refractivity contribution in [2.45, 2.75) is 18.7 Å². The summed E-state index contributed by atoms with van der Waals surface area (Å²) in [5.41, 5.74) is 6.90. The second kappa shape index (κ2) is 6.40. The predicted molar refractivity (Wildman–Crippen MR) is 70.5 cm³/mol. The molecule has 0 aliphatic rings. The Morgan fingerprint density at radius 2 is 2.27 bits per heavy atom. The minimum atomic E-state index is 0.244. The van der Waals surface area contributed by atoms with Crippen LogP contribution in [-0.4, -0.2) is 18.9 Å². The standard InChI is InChI=1S/C11H16BrNOS/c1-8(13)6-15-7-9-5-10(12)3-4-11(9)14-2/h3-5,8H,6-7,13H2,1-2H3. The second-order valence-electron chi connectivity index (χ2n) is 3.45. The number of hydrogen-bond acceptors (Lipinski definition) is 3. The van der Waals surface area contributed by atoms with Gasteiger partial charge in [0, 0.05) is 27.6 Å². The molecular formula is C11H16BrNOS. The molecule has 1 aromatic rings. The highest BCUT2D eigenvalue weighted by molar-refractivity contribution is 9.10. The SMILES string of the molecule is COc1ccc(Br)cc1CSCC(C)N. The van der Waals surface area contributed by atoms with Gasteiger partial charge in [0.15, 0.2) is 0 Å². The monoisotopic (exact) mass is 289 g/mol. The molecule has 0 aliphatic carbocycles. The van der Waals surface area contributed by atoms with Crippen molar-refractivity contribution in [2.75, 3.05) is 12.9 Å². The van der Waals surface area contributed by atoms with Crippen LogP contribution in [0, 0.1) is 0 Å². The van der Waals surface area contributed by atoms with E-state index in [2.05, 4.69) is 22.0 Å². The molecule has 84 valence electrons. The number of hydrogen-bond donors (Lipinski definition) is 1. The number of methoxy groups -OCH3 is 1. The van der Waals surface area contributed by atoms with E-state index in [0.29, 0.717) is 0 Å². The van der Waals surface area contributed by atoms with Gasteiger partial charge in [0.25, 0.3) is 0 Å². The summed E-state index contributed by atoms with van der Waals surface area (Å²) in [5.74, 6) is 2.84. The first kappa shape index (κ1) is 12.9. The lowest BCUT2D eigenvalue weighted by Gasteiger charge is -2.09. The van der Waals surface area contributed by atoms with E-state index in [1.54, 1.807) is 7.11 Å². The van der Waals surface area contributed by atoms with Crippen LogP contribution in [0.3, 0.4) is 0 Å². The van der Waals surface area contributed by atoms with Crippen LogP contribution in [-0.2, 0) is 5.75 Å². The van der Waals surface area contributed by atoms with Crippen molar-refractivity contribution in [3.63, 3.8) is 0 Å². The van der Waals surface area contributed by atoms with Crippen LogP contribution in [0.25, 0.3) is 0 Å². The summed E-state index contributed by atoms with van der Waals surface area (Å²) in [4.78, 5) is 0. The average Bonchev–Trinajstić information content (AvgIpc) is 2.17. The predicted octanol–water partition coefficient (Wildman–Crippen LogP) is 3.04. The summed E-state index contributed by atoms with van der Waals surface area (Å²) in [6.07, 6.45) is 0. The topological polar surface area (TPSA) is 35.2 Å². The summed E-state index contributed by atoms with van der Waals surface area (Å²) in [6, 6.07) is 6.30. The number of thioether (sulfide) groups is 1. The molecule has 15 heavy (non-hydrogen) atoms. The summed E-state index contributed by atoms with van der Waals surface area (Å²) in [5, 5.41) is 0. The van der Waals surface area contributed by atoms with Crippen LogP contribution in [0.2, 0.25) is 0 Å². The summed E-state index contributed by atoms with van der Waals surface area (Å²) < 4.78 is 6.38. The summed E-state index contributed by atoms with van der Waals surface area (Å²) in [6.45, 7) is 2.02. The van der Waals surface area contributed by atoms with Crippen LogP contribution in [0.4, 0.5) is 0 Å². The number of rotatable bonds is 5. The Morgan fingerprint density at radius 3 is 2.87 bits per heavy atom. The molecule has 0 saturated heterocycles. The van der Waals surface area contributed by atoms with E-state index in [1.165, 1.54) is 5.56 Å². The summed E-state index contributed by atoms with van der Waals surface area (Å²) >= 11 is 5.28. The molecule has 1 atom stereocenters. The highest BCUT2D eigenvalue weighted by atomic mass is 79.9. The lowest BCUT2D eigenvalue weighted by atomic mass is 10.2. The molecule has 2 N–H and O–H groups in total. The maximum absolute atomic E-state index is 5.70. The Kier molecular flexibility index (Phi) is 5.50. The van der Waals surface area contributed by atoms with E-state index in [4.69, 9.17) is 10.5 Å². The highest BCUT2D eigenvalue weighted by Crippen LogP contribution is 2.26. The van der Waals surface area contributed by atoms with Crippen molar-refractivity contribution in [1.29, 1.82) is 0 Å². The molecule has 0 fully saturated rings. The van der Waals surface area contributed by atoms with Gasteiger partial charge in [-0.05, 0) is 25.1 Å². The highest BCUT2D eigenvalue weighted by Gasteiger charge is 2.04. The molecular weight excluding hydrogens is 274 g/mol. The molecule has 1 unspecified atom stereocenters. The van der Waals surface area contributed by atoms with Crippen molar-refractivity contribution in [3.05, 3.63) is 28.2 Å². The van der Waals surface area contributed by atoms with Gasteiger partial charge < -0.3 is 10.5 Å². The Labute approximate surface area is 104 Å². The number of benzene rings is 1. The minimum Gasteiger partial charge on any atom is -0.496 e. The van der Waals surface area contributed by atoms with Gasteiger partial charge in [-0.3, -0.25) is 0 Å². The smallest absolute Gasteiger partial charge is 0.122 e. The van der Waals surface area contributed by atoms with E-state index < -0.39 is 0 Å². The molecule has 4 heteroatoms. The molecule has 0 amide bonds. The first-order chi connectivity index (χ1) is 7.13. The van der Waals surface area contributed by atoms with E-state index in [0.717, 1.165) is 21.7 Å². The van der Waals surface area contributed by atoms with E-state index in [9.17, 15) is 0 Å². The van der Waals surface area contributed by atoms with Crippen molar-refractivity contribution in [3.8, 4) is 5.75 Å². The largest absolute Gasteiger partial charge is 0.496 e. The van der Waals surface area contributed by atoms with Crippen LogP contribution >= 0.6 is 27.7 Å². The zero-order valence-electron chi connectivity index (χ0n) is 9.00. The Bertz CT molecular complexity index is 317. The van der Waals surface area contributed by atoms with E-state index in [-0.39, 0.29) is 6.04 Å². The van der Waals surface area contributed by atoms with Gasteiger partial charge in [0.2, 0.25) is 0 Å². The second-order valence-corrected chi connectivity index (χ2v) is 5.39. The first-order valence-electron chi connectivity index (χ1n) is 4.79. The van der Waals surface area contributed by atoms with Gasteiger partial charge in [-0.2, -0.15) is 11.8 Å². The van der Waals surface area contributed by atoms with E-state index >= 15 is 0 Å². The molecule has 1 aromatic carbocycles. The van der Waals surface area contributed by atoms with Gasteiger partial charge in [-0.1, -0.05) is 15.9 Å². The molecule has 0 saturated carbocycles. The zero-order valence-corrected chi connectivity index (χ0v) is 11.4. The maximum Gasteiger partial charge on any atom is 0.122 e. The van der Waals surface area contributed by atoms with E-state index in [1.807, 2.05) is 30.8 Å². The normalized spacial score (nSPS) is 12.5.